The molecule has 2 fully saturated rings. The van der Waals surface area contributed by atoms with E-state index in [-0.39, 0.29) is 0 Å². The molecule has 3 unspecified atom stereocenters. The van der Waals surface area contributed by atoms with Gasteiger partial charge in [-0.1, -0.05) is 47.5 Å². The molecule has 0 amide bonds. The van der Waals surface area contributed by atoms with Gasteiger partial charge in [-0.15, -0.1) is 0 Å². The fourth-order valence-corrected chi connectivity index (χ4v) is 4.79. The summed E-state index contributed by atoms with van der Waals surface area (Å²) in [7, 11) is 0. The van der Waals surface area contributed by atoms with Crippen LogP contribution in [0.15, 0.2) is 0 Å². The standard InChI is InChI=1S/C18H36N2/c1-14-7-6-10-18(13-19,15(14)2)20-11-8-16(9-12-20)17(3,4)5/h14-16H,6-13,19H2,1-5H3. The van der Waals surface area contributed by atoms with Gasteiger partial charge >= 0.3 is 0 Å². The van der Waals surface area contributed by atoms with Crippen molar-refractivity contribution in [2.24, 2.45) is 28.9 Å². The van der Waals surface area contributed by atoms with Gasteiger partial charge in [0.2, 0.25) is 0 Å². The zero-order valence-electron chi connectivity index (χ0n) is 14.4. The van der Waals surface area contributed by atoms with Gasteiger partial charge in [-0.25, -0.2) is 0 Å². The van der Waals surface area contributed by atoms with Crippen LogP contribution in [0.2, 0.25) is 0 Å². The average Bonchev–Trinajstić information content (AvgIpc) is 2.41. The van der Waals surface area contributed by atoms with Gasteiger partial charge in [-0.3, -0.25) is 4.90 Å². The minimum atomic E-state index is 0.292. The Kier molecular flexibility index (Phi) is 4.86. The molecule has 0 aromatic heterocycles. The SMILES string of the molecule is CC1CCCC(CN)(N2CCC(C(C)(C)C)CC2)C1C. The molecule has 1 aliphatic carbocycles. The van der Waals surface area contributed by atoms with Gasteiger partial charge in [-0.05, 0) is 55.5 Å². The number of rotatable bonds is 2. The van der Waals surface area contributed by atoms with E-state index < -0.39 is 0 Å². The first-order valence-electron chi connectivity index (χ1n) is 8.76. The fourth-order valence-electron chi connectivity index (χ4n) is 4.79. The summed E-state index contributed by atoms with van der Waals surface area (Å²) < 4.78 is 0. The van der Waals surface area contributed by atoms with Crippen molar-refractivity contribution in [1.29, 1.82) is 0 Å². The Bertz CT molecular complexity index is 312. The van der Waals surface area contributed by atoms with Gasteiger partial charge in [0.1, 0.15) is 0 Å². The van der Waals surface area contributed by atoms with Crippen LogP contribution in [-0.2, 0) is 0 Å². The summed E-state index contributed by atoms with van der Waals surface area (Å²) in [5.41, 5.74) is 7.06. The number of hydrogen-bond acceptors (Lipinski definition) is 2. The lowest BCUT2D eigenvalue weighted by molar-refractivity contribution is -0.0395. The summed E-state index contributed by atoms with van der Waals surface area (Å²) in [5, 5.41) is 0. The highest BCUT2D eigenvalue weighted by Gasteiger charge is 2.46. The largest absolute Gasteiger partial charge is 0.329 e. The van der Waals surface area contributed by atoms with Crippen LogP contribution >= 0.6 is 0 Å². The third kappa shape index (κ3) is 2.92. The third-order valence-electron chi connectivity index (χ3n) is 6.67. The third-order valence-corrected chi connectivity index (χ3v) is 6.67. The molecule has 1 saturated heterocycles. The van der Waals surface area contributed by atoms with Crippen LogP contribution in [0.25, 0.3) is 0 Å². The molecule has 2 rings (SSSR count). The fraction of sp³-hybridized carbons (Fsp3) is 1.00. The Morgan fingerprint density at radius 1 is 1.10 bits per heavy atom. The Morgan fingerprint density at radius 2 is 1.70 bits per heavy atom. The Hall–Kier alpha value is -0.0800. The summed E-state index contributed by atoms with van der Waals surface area (Å²) in [6, 6.07) is 0. The van der Waals surface area contributed by atoms with Crippen LogP contribution in [0, 0.1) is 23.2 Å². The summed E-state index contributed by atoms with van der Waals surface area (Å²) in [4.78, 5) is 2.77. The zero-order valence-corrected chi connectivity index (χ0v) is 14.4. The monoisotopic (exact) mass is 280 g/mol. The van der Waals surface area contributed by atoms with E-state index in [0.717, 1.165) is 24.3 Å². The Balaban J connectivity index is 2.07. The second-order valence-electron chi connectivity index (χ2n) is 8.59. The van der Waals surface area contributed by atoms with Gasteiger partial charge in [0.25, 0.3) is 0 Å². The van der Waals surface area contributed by atoms with Crippen LogP contribution in [0.5, 0.6) is 0 Å². The van der Waals surface area contributed by atoms with Crippen LogP contribution in [0.1, 0.15) is 66.7 Å². The van der Waals surface area contributed by atoms with Crippen molar-refractivity contribution in [2.75, 3.05) is 19.6 Å². The molecule has 2 nitrogen and oxygen atoms in total. The van der Waals surface area contributed by atoms with Crippen molar-refractivity contribution in [3.63, 3.8) is 0 Å². The first kappa shape index (κ1) is 16.3. The number of likely N-dealkylation sites (tertiary alicyclic amines) is 1. The number of nitrogens with two attached hydrogens (primary N) is 1. The first-order valence-corrected chi connectivity index (χ1v) is 8.76. The van der Waals surface area contributed by atoms with Crippen LogP contribution in [0.3, 0.4) is 0 Å². The van der Waals surface area contributed by atoms with E-state index >= 15 is 0 Å². The van der Waals surface area contributed by atoms with Crippen molar-refractivity contribution >= 4 is 0 Å². The van der Waals surface area contributed by atoms with Gasteiger partial charge in [0.15, 0.2) is 0 Å². The average molecular weight is 280 g/mol. The summed E-state index contributed by atoms with van der Waals surface area (Å²) >= 11 is 0. The Labute approximate surface area is 126 Å². The van der Waals surface area contributed by atoms with E-state index in [0.29, 0.717) is 11.0 Å². The first-order chi connectivity index (χ1) is 9.31. The van der Waals surface area contributed by atoms with Crippen LogP contribution < -0.4 is 5.73 Å². The highest BCUT2D eigenvalue weighted by molar-refractivity contribution is 5.01. The quantitative estimate of drug-likeness (QED) is 0.831. The predicted molar refractivity (Wildman–Crippen MR) is 87.7 cm³/mol. The number of hydrogen-bond donors (Lipinski definition) is 1. The van der Waals surface area contributed by atoms with Crippen molar-refractivity contribution in [1.82, 2.24) is 4.90 Å². The lowest BCUT2D eigenvalue weighted by Crippen LogP contribution is -2.62. The molecule has 0 aromatic carbocycles. The smallest absolute Gasteiger partial charge is 0.0359 e. The van der Waals surface area contributed by atoms with E-state index in [1.54, 1.807) is 0 Å². The molecule has 2 heteroatoms. The molecule has 1 aliphatic heterocycles. The minimum absolute atomic E-state index is 0.292. The molecular weight excluding hydrogens is 244 g/mol. The van der Waals surface area contributed by atoms with E-state index in [9.17, 15) is 0 Å². The lowest BCUT2D eigenvalue weighted by Gasteiger charge is -2.55. The highest BCUT2D eigenvalue weighted by atomic mass is 15.2. The van der Waals surface area contributed by atoms with Gasteiger partial charge in [0.05, 0.1) is 0 Å². The topological polar surface area (TPSA) is 29.3 Å². The van der Waals surface area contributed by atoms with Crippen molar-refractivity contribution in [3.8, 4) is 0 Å². The second-order valence-corrected chi connectivity index (χ2v) is 8.59. The maximum atomic E-state index is 6.30. The molecular formula is C18H36N2. The van der Waals surface area contributed by atoms with E-state index in [4.69, 9.17) is 5.73 Å². The molecule has 2 N–H and O–H groups in total. The van der Waals surface area contributed by atoms with Crippen LogP contribution in [0.4, 0.5) is 0 Å². The molecule has 0 bridgehead atoms. The molecule has 3 atom stereocenters. The van der Waals surface area contributed by atoms with E-state index in [1.165, 1.54) is 45.2 Å². The Morgan fingerprint density at radius 3 is 2.20 bits per heavy atom. The van der Waals surface area contributed by atoms with E-state index in [2.05, 4.69) is 39.5 Å². The van der Waals surface area contributed by atoms with Gasteiger partial charge in [0, 0.05) is 12.1 Å². The molecule has 1 heterocycles. The summed E-state index contributed by atoms with van der Waals surface area (Å²) in [5.74, 6) is 2.45. The molecule has 0 radical (unpaired) electrons. The molecule has 1 saturated carbocycles. The predicted octanol–water partition coefficient (Wildman–Crippen LogP) is 3.90. The van der Waals surface area contributed by atoms with Gasteiger partial charge < -0.3 is 5.73 Å². The maximum absolute atomic E-state index is 6.30. The molecule has 118 valence electrons. The second kappa shape index (κ2) is 5.96. The van der Waals surface area contributed by atoms with Gasteiger partial charge in [-0.2, -0.15) is 0 Å². The molecule has 0 aromatic rings. The van der Waals surface area contributed by atoms with Crippen molar-refractivity contribution < 1.29 is 0 Å². The molecule has 20 heavy (non-hydrogen) atoms. The van der Waals surface area contributed by atoms with E-state index in [1.807, 2.05) is 0 Å². The summed E-state index contributed by atoms with van der Waals surface area (Å²) in [6.45, 7) is 15.4. The van der Waals surface area contributed by atoms with Crippen molar-refractivity contribution in [2.45, 2.75) is 72.3 Å². The van der Waals surface area contributed by atoms with Crippen LogP contribution in [-0.4, -0.2) is 30.1 Å². The maximum Gasteiger partial charge on any atom is 0.0359 e. The zero-order chi connectivity index (χ0) is 15.0. The molecule has 0 spiro atoms. The highest BCUT2D eigenvalue weighted by Crippen LogP contribution is 2.44. The summed E-state index contributed by atoms with van der Waals surface area (Å²) in [6.07, 6.45) is 6.77. The number of piperidine rings is 1. The normalized spacial score (nSPS) is 38.1. The lowest BCUT2D eigenvalue weighted by atomic mass is 9.66. The molecule has 2 aliphatic rings. The minimum Gasteiger partial charge on any atom is -0.329 e. The van der Waals surface area contributed by atoms with Crippen molar-refractivity contribution in [3.05, 3.63) is 0 Å². The number of nitrogens with zero attached hydrogens (tertiary/aromatic N) is 1.